The molecule has 1 rings (SSSR count). The summed E-state index contributed by atoms with van der Waals surface area (Å²) in [4.78, 5) is 24.3. The summed E-state index contributed by atoms with van der Waals surface area (Å²) in [6.45, 7) is 9.51. The van der Waals surface area contributed by atoms with E-state index in [9.17, 15) is 14.7 Å². The average Bonchev–Trinajstić information content (AvgIpc) is 2.65. The summed E-state index contributed by atoms with van der Waals surface area (Å²) >= 11 is 1.56. The minimum Gasteiger partial charge on any atom is -0.478 e. The third-order valence-electron chi connectivity index (χ3n) is 5.98. The minimum atomic E-state index is -1.28. The van der Waals surface area contributed by atoms with Crippen molar-refractivity contribution < 1.29 is 19.8 Å². The molecular weight excluding hydrogens is 396 g/mol. The van der Waals surface area contributed by atoms with Crippen molar-refractivity contribution in [3.63, 3.8) is 0 Å². The van der Waals surface area contributed by atoms with Crippen LogP contribution >= 0.6 is 11.8 Å². The van der Waals surface area contributed by atoms with E-state index in [1.165, 1.54) is 44.9 Å². The molecule has 2 N–H and O–H groups in total. The molecule has 170 valence electrons. The molecule has 4 nitrogen and oxygen atoms in total. The number of thioether (sulfide) groups is 1. The Morgan fingerprint density at radius 3 is 2.23 bits per heavy atom. The highest BCUT2D eigenvalue weighted by Crippen LogP contribution is 2.48. The van der Waals surface area contributed by atoms with E-state index in [1.54, 1.807) is 30.8 Å². The van der Waals surface area contributed by atoms with Gasteiger partial charge in [-0.1, -0.05) is 71.8 Å². The Labute approximate surface area is 186 Å². The number of carbonyl (C=O) groups is 2. The number of aliphatic hydroxyl groups is 1. The largest absolute Gasteiger partial charge is 0.478 e. The van der Waals surface area contributed by atoms with Gasteiger partial charge in [0, 0.05) is 17.9 Å². The lowest BCUT2D eigenvalue weighted by Gasteiger charge is -2.45. The lowest BCUT2D eigenvalue weighted by molar-refractivity contribution is -0.131. The number of unbranched alkanes of at least 4 members (excludes halogenated alkanes) is 7. The molecule has 1 aliphatic rings. The van der Waals surface area contributed by atoms with Crippen LogP contribution in [0.3, 0.4) is 0 Å². The maximum absolute atomic E-state index is 12.8. The van der Waals surface area contributed by atoms with E-state index in [2.05, 4.69) is 6.92 Å². The number of hydrogen-bond donors (Lipinski definition) is 2. The van der Waals surface area contributed by atoms with Crippen LogP contribution in [0.1, 0.15) is 92.4 Å². The first-order chi connectivity index (χ1) is 14.0. The second-order valence-corrected chi connectivity index (χ2v) is 10.2. The van der Waals surface area contributed by atoms with Crippen LogP contribution in [0.25, 0.3) is 0 Å². The number of carbonyl (C=O) groups excluding carboxylic acids is 1. The quantitative estimate of drug-likeness (QED) is 0.197. The number of Topliss-reactive ketones (excluding diaryl/α,β-unsaturated/α-hetero) is 1. The van der Waals surface area contributed by atoms with Gasteiger partial charge in [0.25, 0.3) is 0 Å². The van der Waals surface area contributed by atoms with Crippen molar-refractivity contribution in [2.45, 2.75) is 98.0 Å². The summed E-state index contributed by atoms with van der Waals surface area (Å²) in [7, 11) is 0. The minimum absolute atomic E-state index is 0.0953. The molecule has 1 atom stereocenters. The van der Waals surface area contributed by atoms with E-state index in [-0.39, 0.29) is 12.2 Å². The van der Waals surface area contributed by atoms with Crippen LogP contribution in [-0.2, 0) is 9.59 Å². The van der Waals surface area contributed by atoms with E-state index in [1.807, 2.05) is 20.8 Å². The monoisotopic (exact) mass is 436 g/mol. The van der Waals surface area contributed by atoms with Gasteiger partial charge >= 0.3 is 5.97 Å². The molecule has 0 radical (unpaired) electrons. The van der Waals surface area contributed by atoms with Gasteiger partial charge in [-0.2, -0.15) is 0 Å². The van der Waals surface area contributed by atoms with Crippen LogP contribution in [0, 0.1) is 5.41 Å². The number of hydrogen-bond acceptors (Lipinski definition) is 4. The zero-order valence-electron chi connectivity index (χ0n) is 19.4. The average molecular weight is 437 g/mol. The van der Waals surface area contributed by atoms with E-state index in [4.69, 9.17) is 5.11 Å². The van der Waals surface area contributed by atoms with Gasteiger partial charge in [-0.25, -0.2) is 4.79 Å². The first-order valence-corrected chi connectivity index (χ1v) is 12.2. The third kappa shape index (κ3) is 7.73. The summed E-state index contributed by atoms with van der Waals surface area (Å²) in [6, 6.07) is 0. The topological polar surface area (TPSA) is 74.6 Å². The number of carboxylic acids is 1. The van der Waals surface area contributed by atoms with Crippen molar-refractivity contribution in [1.29, 1.82) is 0 Å². The van der Waals surface area contributed by atoms with Gasteiger partial charge in [0.1, 0.15) is 5.60 Å². The summed E-state index contributed by atoms with van der Waals surface area (Å²) in [6.07, 6.45) is 14.7. The fourth-order valence-electron chi connectivity index (χ4n) is 3.95. The molecule has 0 heterocycles. The molecule has 0 unspecified atom stereocenters. The highest BCUT2D eigenvalue weighted by Gasteiger charge is 2.49. The zero-order valence-corrected chi connectivity index (χ0v) is 20.2. The predicted octanol–water partition coefficient (Wildman–Crippen LogP) is 6.45. The van der Waals surface area contributed by atoms with Crippen molar-refractivity contribution in [2.75, 3.05) is 5.75 Å². The highest BCUT2D eigenvalue weighted by molar-refractivity contribution is 8.04. The molecule has 0 fully saturated rings. The van der Waals surface area contributed by atoms with Gasteiger partial charge < -0.3 is 10.2 Å². The molecule has 0 saturated carbocycles. The molecule has 0 saturated heterocycles. The number of ketones is 1. The Hall–Kier alpha value is -1.33. The smallest absolute Gasteiger partial charge is 0.328 e. The first-order valence-electron chi connectivity index (χ1n) is 11.3. The van der Waals surface area contributed by atoms with Crippen molar-refractivity contribution in [3.8, 4) is 0 Å². The van der Waals surface area contributed by atoms with Crippen molar-refractivity contribution >= 4 is 23.5 Å². The second-order valence-electron chi connectivity index (χ2n) is 9.09. The molecule has 0 spiro atoms. The summed E-state index contributed by atoms with van der Waals surface area (Å²) in [5, 5.41) is 20.4. The molecule has 0 amide bonds. The standard InChI is InChI=1S/C25H40O4S/c1-6-7-8-9-10-11-12-13-16-30-23-20(3)25(29,24(4,5)18-21(23)26)15-14-19(2)17-22(27)28/h14-15,17,29H,6-13,16,18H2,1-5H3,(H,27,28)/b15-14+,19-17-/t25-/m1/s1. The van der Waals surface area contributed by atoms with E-state index >= 15 is 0 Å². The van der Waals surface area contributed by atoms with Crippen LogP contribution in [-0.4, -0.2) is 33.3 Å². The van der Waals surface area contributed by atoms with E-state index in [0.29, 0.717) is 16.1 Å². The lowest BCUT2D eigenvalue weighted by atomic mass is 9.64. The first kappa shape index (κ1) is 26.7. The number of carboxylic acid groups (broad SMARTS) is 1. The van der Waals surface area contributed by atoms with Crippen LogP contribution in [0.15, 0.2) is 34.3 Å². The molecule has 30 heavy (non-hydrogen) atoms. The van der Waals surface area contributed by atoms with Crippen molar-refractivity contribution in [1.82, 2.24) is 0 Å². The molecule has 0 aliphatic heterocycles. The fraction of sp³-hybridized carbons (Fsp3) is 0.680. The SMILES string of the molecule is CCCCCCCCCCSC1=C(C)[C@](O)(/C=C/C(C)=C\C(=O)O)C(C)(C)CC1=O. The van der Waals surface area contributed by atoms with Crippen LogP contribution in [0.2, 0.25) is 0 Å². The summed E-state index contributed by atoms with van der Waals surface area (Å²) in [5.41, 5.74) is -0.718. The molecular formula is C25H40O4S. The Morgan fingerprint density at radius 2 is 1.67 bits per heavy atom. The van der Waals surface area contributed by atoms with Crippen molar-refractivity contribution in [3.05, 3.63) is 34.3 Å². The number of rotatable bonds is 13. The van der Waals surface area contributed by atoms with Gasteiger partial charge in [0.15, 0.2) is 5.78 Å². The van der Waals surface area contributed by atoms with Gasteiger partial charge in [-0.15, -0.1) is 11.8 Å². The number of allylic oxidation sites excluding steroid dienone is 3. The number of aliphatic carboxylic acids is 1. The van der Waals surface area contributed by atoms with E-state index in [0.717, 1.165) is 18.2 Å². The van der Waals surface area contributed by atoms with E-state index < -0.39 is 17.0 Å². The third-order valence-corrected chi connectivity index (χ3v) is 7.30. The normalized spacial score (nSPS) is 22.2. The molecule has 0 bridgehead atoms. The van der Waals surface area contributed by atoms with Gasteiger partial charge in [0.2, 0.25) is 0 Å². The Morgan fingerprint density at radius 1 is 1.10 bits per heavy atom. The second kappa shape index (κ2) is 12.5. The molecule has 0 aromatic heterocycles. The van der Waals surface area contributed by atoms with Crippen LogP contribution in [0.5, 0.6) is 0 Å². The fourth-order valence-corrected chi connectivity index (χ4v) is 5.11. The Balaban J connectivity index is 2.77. The van der Waals surface area contributed by atoms with Crippen LogP contribution < -0.4 is 0 Å². The predicted molar refractivity (Wildman–Crippen MR) is 127 cm³/mol. The summed E-state index contributed by atoms with van der Waals surface area (Å²) < 4.78 is 0. The van der Waals surface area contributed by atoms with Gasteiger partial charge in [-0.05, 0) is 43.2 Å². The van der Waals surface area contributed by atoms with Crippen molar-refractivity contribution in [2.24, 2.45) is 5.41 Å². The Bertz CT molecular complexity index is 687. The summed E-state index contributed by atoms with van der Waals surface area (Å²) in [5.74, 6) is -0.0417. The molecule has 1 aliphatic carbocycles. The Kier molecular flexibility index (Phi) is 11.1. The zero-order chi connectivity index (χ0) is 22.8. The van der Waals surface area contributed by atoms with Crippen LogP contribution in [0.4, 0.5) is 0 Å². The molecule has 5 heteroatoms. The molecule has 0 aromatic rings. The van der Waals surface area contributed by atoms with Gasteiger partial charge in [0.05, 0.1) is 4.91 Å². The lowest BCUT2D eigenvalue weighted by Crippen LogP contribution is -2.49. The highest BCUT2D eigenvalue weighted by atomic mass is 32.2. The maximum atomic E-state index is 12.8. The maximum Gasteiger partial charge on any atom is 0.328 e. The molecule has 0 aromatic carbocycles. The van der Waals surface area contributed by atoms with Gasteiger partial charge in [-0.3, -0.25) is 4.79 Å².